The zero-order valence-electron chi connectivity index (χ0n) is 10.4. The SMILES string of the molecule is COc1ccc(CCN2CC(C#N)CC2=O)cc1. The molecule has 1 aliphatic rings. The molecule has 4 heteroatoms. The van der Waals surface area contributed by atoms with Crippen LogP contribution in [0.4, 0.5) is 0 Å². The maximum absolute atomic E-state index is 11.6. The number of nitrogens with zero attached hydrogens (tertiary/aromatic N) is 2. The quantitative estimate of drug-likeness (QED) is 0.808. The standard InChI is InChI=1S/C14H16N2O2/c1-18-13-4-2-11(3-5-13)6-7-16-10-12(9-15)8-14(16)17/h2-5,12H,6-8,10H2,1H3. The van der Waals surface area contributed by atoms with E-state index in [-0.39, 0.29) is 11.8 Å². The van der Waals surface area contributed by atoms with Crippen LogP contribution in [-0.4, -0.2) is 31.0 Å². The average Bonchev–Trinajstić information content (AvgIpc) is 2.77. The summed E-state index contributed by atoms with van der Waals surface area (Å²) in [5.41, 5.74) is 1.17. The van der Waals surface area contributed by atoms with Crippen molar-refractivity contribution in [1.29, 1.82) is 5.26 Å². The monoisotopic (exact) mass is 244 g/mol. The Balaban J connectivity index is 1.88. The largest absolute Gasteiger partial charge is 0.497 e. The van der Waals surface area contributed by atoms with Crippen LogP contribution in [0.5, 0.6) is 5.75 Å². The maximum atomic E-state index is 11.6. The first-order valence-electron chi connectivity index (χ1n) is 6.03. The van der Waals surface area contributed by atoms with Gasteiger partial charge in [-0.25, -0.2) is 0 Å². The van der Waals surface area contributed by atoms with Gasteiger partial charge in [-0.05, 0) is 24.1 Å². The number of rotatable bonds is 4. The lowest BCUT2D eigenvalue weighted by atomic mass is 10.1. The lowest BCUT2D eigenvalue weighted by molar-refractivity contribution is -0.127. The molecule has 1 saturated heterocycles. The fraction of sp³-hybridized carbons (Fsp3) is 0.429. The number of methoxy groups -OCH3 is 1. The van der Waals surface area contributed by atoms with Crippen LogP contribution in [0, 0.1) is 17.2 Å². The van der Waals surface area contributed by atoms with Crippen molar-refractivity contribution in [3.05, 3.63) is 29.8 Å². The van der Waals surface area contributed by atoms with E-state index in [4.69, 9.17) is 10.00 Å². The molecule has 0 aliphatic carbocycles. The van der Waals surface area contributed by atoms with Crippen molar-refractivity contribution >= 4 is 5.91 Å². The van der Waals surface area contributed by atoms with Gasteiger partial charge in [0.15, 0.2) is 0 Å². The zero-order valence-corrected chi connectivity index (χ0v) is 10.4. The molecular weight excluding hydrogens is 228 g/mol. The van der Waals surface area contributed by atoms with Gasteiger partial charge < -0.3 is 9.64 Å². The summed E-state index contributed by atoms with van der Waals surface area (Å²) in [4.78, 5) is 13.4. The molecule has 0 bridgehead atoms. The number of benzene rings is 1. The lowest BCUT2D eigenvalue weighted by Crippen LogP contribution is -2.27. The summed E-state index contributed by atoms with van der Waals surface area (Å²) in [5, 5.41) is 8.80. The van der Waals surface area contributed by atoms with Gasteiger partial charge in [0.05, 0.1) is 19.1 Å². The predicted molar refractivity (Wildman–Crippen MR) is 67.0 cm³/mol. The van der Waals surface area contributed by atoms with Crippen LogP contribution in [0.2, 0.25) is 0 Å². The molecule has 1 amide bonds. The number of hydrogen-bond acceptors (Lipinski definition) is 3. The van der Waals surface area contributed by atoms with E-state index in [9.17, 15) is 4.79 Å². The molecule has 18 heavy (non-hydrogen) atoms. The van der Waals surface area contributed by atoms with Gasteiger partial charge in [0.25, 0.3) is 0 Å². The first kappa shape index (κ1) is 12.4. The molecule has 4 nitrogen and oxygen atoms in total. The van der Waals surface area contributed by atoms with Gasteiger partial charge in [-0.3, -0.25) is 4.79 Å². The molecule has 0 aromatic heterocycles. The maximum Gasteiger partial charge on any atom is 0.224 e. The molecule has 2 rings (SSSR count). The minimum Gasteiger partial charge on any atom is -0.497 e. The topological polar surface area (TPSA) is 53.3 Å². The molecule has 1 atom stereocenters. The third kappa shape index (κ3) is 2.80. The molecule has 0 saturated carbocycles. The Morgan fingerprint density at radius 1 is 1.44 bits per heavy atom. The van der Waals surface area contributed by atoms with Crippen molar-refractivity contribution in [2.24, 2.45) is 5.92 Å². The Labute approximate surface area is 107 Å². The molecule has 1 aromatic carbocycles. The van der Waals surface area contributed by atoms with Gasteiger partial charge >= 0.3 is 0 Å². The zero-order chi connectivity index (χ0) is 13.0. The number of ether oxygens (including phenoxy) is 1. The highest BCUT2D eigenvalue weighted by molar-refractivity contribution is 5.79. The minimum absolute atomic E-state index is 0.0926. The van der Waals surface area contributed by atoms with E-state index in [2.05, 4.69) is 6.07 Å². The van der Waals surface area contributed by atoms with Crippen molar-refractivity contribution < 1.29 is 9.53 Å². The number of carbonyl (C=O) groups is 1. The Kier molecular flexibility index (Phi) is 3.83. The number of carbonyl (C=O) groups excluding carboxylic acids is 1. The molecule has 1 aromatic rings. The highest BCUT2D eigenvalue weighted by Crippen LogP contribution is 2.18. The summed E-state index contributed by atoms with van der Waals surface area (Å²) in [5.74, 6) is 0.795. The number of hydrogen-bond donors (Lipinski definition) is 0. The fourth-order valence-corrected chi connectivity index (χ4v) is 2.13. The van der Waals surface area contributed by atoms with Crippen molar-refractivity contribution in [1.82, 2.24) is 4.90 Å². The first-order chi connectivity index (χ1) is 8.72. The van der Waals surface area contributed by atoms with E-state index in [1.54, 1.807) is 12.0 Å². The average molecular weight is 244 g/mol. The summed E-state index contributed by atoms with van der Waals surface area (Å²) >= 11 is 0. The van der Waals surface area contributed by atoms with Gasteiger partial charge in [0.1, 0.15) is 5.75 Å². The van der Waals surface area contributed by atoms with E-state index in [0.29, 0.717) is 19.5 Å². The molecule has 1 heterocycles. The normalized spacial score (nSPS) is 18.8. The Morgan fingerprint density at radius 3 is 2.72 bits per heavy atom. The summed E-state index contributed by atoms with van der Waals surface area (Å²) < 4.78 is 5.09. The first-order valence-corrected chi connectivity index (χ1v) is 6.03. The molecule has 1 unspecified atom stereocenters. The van der Waals surface area contributed by atoms with Gasteiger partial charge in [-0.1, -0.05) is 12.1 Å². The molecule has 0 spiro atoms. The smallest absolute Gasteiger partial charge is 0.224 e. The summed E-state index contributed by atoms with van der Waals surface area (Å²) in [6, 6.07) is 9.99. The Hall–Kier alpha value is -2.02. The van der Waals surface area contributed by atoms with Crippen molar-refractivity contribution in [3.8, 4) is 11.8 Å². The fourth-order valence-electron chi connectivity index (χ4n) is 2.13. The number of nitriles is 1. The van der Waals surface area contributed by atoms with E-state index in [1.807, 2.05) is 24.3 Å². The van der Waals surface area contributed by atoms with Crippen molar-refractivity contribution in [3.63, 3.8) is 0 Å². The molecule has 0 radical (unpaired) electrons. The van der Waals surface area contributed by atoms with E-state index in [1.165, 1.54) is 5.56 Å². The molecule has 94 valence electrons. The highest BCUT2D eigenvalue weighted by atomic mass is 16.5. The second-order valence-corrected chi connectivity index (χ2v) is 4.47. The summed E-state index contributed by atoms with van der Waals surface area (Å²) in [6.45, 7) is 1.26. The Bertz CT molecular complexity index is 462. The van der Waals surface area contributed by atoms with Gasteiger partial charge in [-0.15, -0.1) is 0 Å². The third-order valence-electron chi connectivity index (χ3n) is 3.23. The summed E-state index contributed by atoms with van der Waals surface area (Å²) in [6.07, 6.45) is 1.19. The van der Waals surface area contributed by atoms with Crippen molar-refractivity contribution in [2.45, 2.75) is 12.8 Å². The van der Waals surface area contributed by atoms with Crippen LogP contribution < -0.4 is 4.74 Å². The minimum atomic E-state index is -0.131. The van der Waals surface area contributed by atoms with E-state index in [0.717, 1.165) is 12.2 Å². The van der Waals surface area contributed by atoms with Crippen LogP contribution in [0.25, 0.3) is 0 Å². The van der Waals surface area contributed by atoms with Crippen LogP contribution in [0.3, 0.4) is 0 Å². The van der Waals surface area contributed by atoms with Crippen LogP contribution in [0.15, 0.2) is 24.3 Å². The predicted octanol–water partition coefficient (Wildman–Crippen LogP) is 1.61. The van der Waals surface area contributed by atoms with Crippen LogP contribution in [-0.2, 0) is 11.2 Å². The summed E-state index contributed by atoms with van der Waals surface area (Å²) in [7, 11) is 1.64. The number of amides is 1. The molecular formula is C14H16N2O2. The van der Waals surface area contributed by atoms with E-state index < -0.39 is 0 Å². The van der Waals surface area contributed by atoms with Gasteiger partial charge in [0, 0.05) is 19.5 Å². The van der Waals surface area contributed by atoms with Gasteiger partial charge in [0.2, 0.25) is 5.91 Å². The van der Waals surface area contributed by atoms with Gasteiger partial charge in [-0.2, -0.15) is 5.26 Å². The second kappa shape index (κ2) is 5.54. The van der Waals surface area contributed by atoms with Crippen LogP contribution in [0.1, 0.15) is 12.0 Å². The second-order valence-electron chi connectivity index (χ2n) is 4.47. The third-order valence-corrected chi connectivity index (χ3v) is 3.23. The Morgan fingerprint density at radius 2 is 2.17 bits per heavy atom. The lowest BCUT2D eigenvalue weighted by Gasteiger charge is -2.15. The molecule has 1 aliphatic heterocycles. The van der Waals surface area contributed by atoms with Crippen LogP contribution >= 0.6 is 0 Å². The van der Waals surface area contributed by atoms with Crippen molar-refractivity contribution in [2.75, 3.05) is 20.2 Å². The molecule has 0 N–H and O–H groups in total. The van der Waals surface area contributed by atoms with E-state index >= 15 is 0 Å². The number of likely N-dealkylation sites (tertiary alicyclic amines) is 1. The highest BCUT2D eigenvalue weighted by Gasteiger charge is 2.28. The molecule has 1 fully saturated rings.